The fourth-order valence-electron chi connectivity index (χ4n) is 4.19. The zero-order chi connectivity index (χ0) is 19.2. The molecule has 0 radical (unpaired) electrons. The average Bonchev–Trinajstić information content (AvgIpc) is 2.61. The fraction of sp³-hybridized carbons (Fsp3) is 0.478. The summed E-state index contributed by atoms with van der Waals surface area (Å²) < 4.78 is 17.9. The Morgan fingerprint density at radius 1 is 1.22 bits per heavy atom. The van der Waals surface area contributed by atoms with Gasteiger partial charge in [0.05, 0.1) is 13.2 Å². The first-order chi connectivity index (χ1) is 12.9. The highest BCUT2D eigenvalue weighted by Gasteiger charge is 2.33. The third-order valence-corrected chi connectivity index (χ3v) is 5.66. The Balaban J connectivity index is 1.65. The van der Waals surface area contributed by atoms with Gasteiger partial charge >= 0.3 is 0 Å². The van der Waals surface area contributed by atoms with Crippen molar-refractivity contribution in [2.45, 2.75) is 58.5 Å². The molecule has 4 heteroatoms. The summed E-state index contributed by atoms with van der Waals surface area (Å²) in [5, 5.41) is 10.5. The molecule has 144 valence electrons. The van der Waals surface area contributed by atoms with Crippen LogP contribution in [0.15, 0.2) is 24.3 Å². The zero-order valence-electron chi connectivity index (χ0n) is 16.6. The van der Waals surface area contributed by atoms with Gasteiger partial charge in [-0.15, -0.1) is 0 Å². The van der Waals surface area contributed by atoms with Crippen molar-refractivity contribution in [2.24, 2.45) is 0 Å². The molecule has 2 aromatic rings. The third kappa shape index (κ3) is 3.33. The van der Waals surface area contributed by atoms with Gasteiger partial charge in [0.2, 0.25) is 0 Å². The van der Waals surface area contributed by atoms with Gasteiger partial charge in [0.25, 0.3) is 0 Å². The van der Waals surface area contributed by atoms with E-state index in [1.807, 2.05) is 19.1 Å². The summed E-state index contributed by atoms with van der Waals surface area (Å²) in [4.78, 5) is 0. The Kier molecular flexibility index (Phi) is 4.45. The minimum atomic E-state index is -0.126. The summed E-state index contributed by atoms with van der Waals surface area (Å²) in [5.41, 5.74) is 4.42. The van der Waals surface area contributed by atoms with E-state index in [9.17, 15) is 5.11 Å². The second-order valence-electron chi connectivity index (χ2n) is 8.21. The maximum atomic E-state index is 10.5. The van der Waals surface area contributed by atoms with E-state index in [-0.39, 0.29) is 17.3 Å². The van der Waals surface area contributed by atoms with E-state index in [0.717, 1.165) is 36.3 Å². The molecule has 4 nitrogen and oxygen atoms in total. The quantitative estimate of drug-likeness (QED) is 0.835. The van der Waals surface area contributed by atoms with Gasteiger partial charge in [-0.3, -0.25) is 0 Å². The molecule has 2 aliphatic heterocycles. The highest BCUT2D eigenvalue weighted by molar-refractivity contribution is 5.57. The topological polar surface area (TPSA) is 47.9 Å². The molecule has 27 heavy (non-hydrogen) atoms. The van der Waals surface area contributed by atoms with Gasteiger partial charge in [0.15, 0.2) is 0 Å². The minimum absolute atomic E-state index is 0.126. The van der Waals surface area contributed by atoms with Crippen molar-refractivity contribution in [1.82, 2.24) is 0 Å². The van der Waals surface area contributed by atoms with Crippen LogP contribution in [-0.2, 0) is 12.8 Å². The molecule has 2 aliphatic rings. The molecule has 4 rings (SSSR count). The Labute approximate surface area is 161 Å². The molecule has 1 N–H and O–H groups in total. The highest BCUT2D eigenvalue weighted by atomic mass is 16.5. The first-order valence-corrected chi connectivity index (χ1v) is 9.81. The van der Waals surface area contributed by atoms with Gasteiger partial charge in [0, 0.05) is 23.1 Å². The van der Waals surface area contributed by atoms with Crippen molar-refractivity contribution in [2.75, 3.05) is 13.2 Å². The van der Waals surface area contributed by atoms with Crippen LogP contribution in [-0.4, -0.2) is 23.9 Å². The normalized spacial score (nSPS) is 20.1. The summed E-state index contributed by atoms with van der Waals surface area (Å²) in [6, 6.07) is 7.73. The monoisotopic (exact) mass is 368 g/mol. The molecule has 0 aliphatic carbocycles. The molecule has 0 spiro atoms. The van der Waals surface area contributed by atoms with Crippen molar-refractivity contribution in [3.63, 3.8) is 0 Å². The Bertz CT molecular complexity index is 869. The van der Waals surface area contributed by atoms with Crippen molar-refractivity contribution in [3.05, 3.63) is 46.5 Å². The number of phenols is 1. The summed E-state index contributed by atoms with van der Waals surface area (Å²) in [6.07, 6.45) is 2.82. The molecule has 0 saturated heterocycles. The van der Waals surface area contributed by atoms with Gasteiger partial charge in [-0.25, -0.2) is 0 Å². The molecule has 0 amide bonds. The van der Waals surface area contributed by atoms with Crippen LogP contribution >= 0.6 is 0 Å². The van der Waals surface area contributed by atoms with Crippen molar-refractivity contribution in [1.29, 1.82) is 0 Å². The number of ether oxygens (including phenoxy) is 3. The van der Waals surface area contributed by atoms with E-state index < -0.39 is 0 Å². The maximum Gasteiger partial charge on any atom is 0.129 e. The summed E-state index contributed by atoms with van der Waals surface area (Å²) >= 11 is 0. The number of aromatic hydroxyl groups is 1. The van der Waals surface area contributed by atoms with Gasteiger partial charge in [-0.2, -0.15) is 0 Å². The van der Waals surface area contributed by atoms with Crippen LogP contribution in [0.3, 0.4) is 0 Å². The van der Waals surface area contributed by atoms with Crippen LogP contribution < -0.4 is 14.2 Å². The second-order valence-corrected chi connectivity index (χ2v) is 8.21. The Morgan fingerprint density at radius 2 is 2.04 bits per heavy atom. The molecule has 0 saturated carbocycles. The SMILES string of the molecule is CCOc1ccc([C@@H]2COc3c(c(C)cc4c3CCC(C)(C)O4)C2)c(O)c1. The number of rotatable bonds is 3. The maximum absolute atomic E-state index is 10.5. The number of benzene rings is 2. The molecule has 0 fully saturated rings. The number of hydrogen-bond acceptors (Lipinski definition) is 4. The smallest absolute Gasteiger partial charge is 0.129 e. The van der Waals surface area contributed by atoms with Gasteiger partial charge < -0.3 is 19.3 Å². The largest absolute Gasteiger partial charge is 0.508 e. The van der Waals surface area contributed by atoms with E-state index >= 15 is 0 Å². The predicted octanol–water partition coefficient (Wildman–Crippen LogP) is 4.92. The Morgan fingerprint density at radius 3 is 2.78 bits per heavy atom. The molecule has 0 unspecified atom stereocenters. The van der Waals surface area contributed by atoms with Gasteiger partial charge in [-0.1, -0.05) is 6.07 Å². The third-order valence-electron chi connectivity index (χ3n) is 5.66. The lowest BCUT2D eigenvalue weighted by Crippen LogP contribution is -2.33. The van der Waals surface area contributed by atoms with Crippen LogP contribution in [0.5, 0.6) is 23.0 Å². The average molecular weight is 368 g/mol. The number of hydrogen-bond donors (Lipinski definition) is 1. The molecular formula is C23H28O4. The molecule has 0 aromatic heterocycles. The van der Waals surface area contributed by atoms with Crippen LogP contribution in [0.1, 0.15) is 55.4 Å². The van der Waals surface area contributed by atoms with Crippen LogP contribution in [0, 0.1) is 6.92 Å². The highest BCUT2D eigenvalue weighted by Crippen LogP contribution is 2.46. The first kappa shape index (κ1) is 18.0. The minimum Gasteiger partial charge on any atom is -0.508 e. The number of aryl methyl sites for hydroxylation is 1. The van der Waals surface area contributed by atoms with E-state index in [4.69, 9.17) is 14.2 Å². The summed E-state index contributed by atoms with van der Waals surface area (Å²) in [5.74, 6) is 3.07. The van der Waals surface area contributed by atoms with Crippen LogP contribution in [0.2, 0.25) is 0 Å². The molecule has 0 bridgehead atoms. The van der Waals surface area contributed by atoms with Gasteiger partial charge in [-0.05, 0) is 70.2 Å². The lowest BCUT2D eigenvalue weighted by atomic mass is 9.84. The number of fused-ring (bicyclic) bond motifs is 3. The zero-order valence-corrected chi connectivity index (χ0v) is 16.6. The molecule has 1 atom stereocenters. The summed E-state index contributed by atoms with van der Waals surface area (Å²) in [7, 11) is 0. The van der Waals surface area contributed by atoms with E-state index in [1.54, 1.807) is 6.07 Å². The molecular weight excluding hydrogens is 340 g/mol. The van der Waals surface area contributed by atoms with Gasteiger partial charge in [0.1, 0.15) is 28.6 Å². The van der Waals surface area contributed by atoms with Crippen molar-refractivity contribution >= 4 is 0 Å². The van der Waals surface area contributed by atoms with Crippen LogP contribution in [0.4, 0.5) is 0 Å². The fourth-order valence-corrected chi connectivity index (χ4v) is 4.19. The Hall–Kier alpha value is -2.36. The lowest BCUT2D eigenvalue weighted by Gasteiger charge is -2.36. The lowest BCUT2D eigenvalue weighted by molar-refractivity contribution is 0.0825. The van der Waals surface area contributed by atoms with Crippen molar-refractivity contribution < 1.29 is 19.3 Å². The van der Waals surface area contributed by atoms with Crippen LogP contribution in [0.25, 0.3) is 0 Å². The second kappa shape index (κ2) is 6.66. The van der Waals surface area contributed by atoms with E-state index in [0.29, 0.717) is 19.0 Å². The van der Waals surface area contributed by atoms with E-state index in [2.05, 4.69) is 26.8 Å². The summed E-state index contributed by atoms with van der Waals surface area (Å²) in [6.45, 7) is 9.47. The first-order valence-electron chi connectivity index (χ1n) is 9.81. The standard InChI is InChI=1S/C23H28O4/c1-5-25-16-6-7-17(20(24)12-16)15-11-19-14(2)10-21-18(22(19)26-13-15)8-9-23(3,4)27-21/h6-7,10,12,15,24H,5,8-9,11,13H2,1-4H3/t15-/m0/s1. The van der Waals surface area contributed by atoms with E-state index in [1.165, 1.54) is 16.7 Å². The van der Waals surface area contributed by atoms with Crippen molar-refractivity contribution in [3.8, 4) is 23.0 Å². The molecule has 2 heterocycles. The molecule has 2 aromatic carbocycles. The number of phenolic OH excluding ortho intramolecular Hbond substituents is 1. The predicted molar refractivity (Wildman–Crippen MR) is 105 cm³/mol.